The zero-order valence-corrected chi connectivity index (χ0v) is 18.9. The average molecular weight is 461 g/mol. The average Bonchev–Trinajstić information content (AvgIpc) is 3.35. The highest BCUT2D eigenvalue weighted by atomic mass is 16.5. The third kappa shape index (κ3) is 3.07. The van der Waals surface area contributed by atoms with Gasteiger partial charge in [0.15, 0.2) is 17.3 Å². The molecule has 0 spiro atoms. The number of carbonyl (C=O) groups excluding carboxylic acids is 3. The third-order valence-corrected chi connectivity index (χ3v) is 6.55. The van der Waals surface area contributed by atoms with Crippen LogP contribution in [0.15, 0.2) is 59.7 Å². The highest BCUT2D eigenvalue weighted by Crippen LogP contribution is 2.47. The number of ketones is 1. The molecule has 2 fully saturated rings. The first kappa shape index (κ1) is 21.7. The van der Waals surface area contributed by atoms with E-state index in [0.717, 1.165) is 4.90 Å². The molecule has 0 radical (unpaired) electrons. The highest BCUT2D eigenvalue weighted by molar-refractivity contribution is 6.25. The number of nitrogens with zero attached hydrogens (tertiary/aromatic N) is 3. The van der Waals surface area contributed by atoms with Gasteiger partial charge >= 0.3 is 0 Å². The summed E-state index contributed by atoms with van der Waals surface area (Å²) in [7, 11) is 4.47. The molecule has 3 heterocycles. The molecule has 34 heavy (non-hydrogen) atoms. The number of anilines is 1. The second-order valence-electron chi connectivity index (χ2n) is 8.13. The van der Waals surface area contributed by atoms with Crippen LogP contribution in [0.25, 0.3) is 0 Å². The van der Waals surface area contributed by atoms with E-state index in [1.54, 1.807) is 59.8 Å². The van der Waals surface area contributed by atoms with Crippen LogP contribution in [0.4, 0.5) is 5.69 Å². The summed E-state index contributed by atoms with van der Waals surface area (Å²) in [5.41, 5.74) is 0.698. The SMILES string of the molecule is COc1ccc(C(=O)[C@@H]2[C@@H]3C(=O)N(c4ccccc4OC)C(=O)[C@@H]3[C@@H]3C=CC=NN23)cc1OC. The van der Waals surface area contributed by atoms with Crippen LogP contribution in [-0.2, 0) is 9.59 Å². The Morgan fingerprint density at radius 1 is 0.882 bits per heavy atom. The van der Waals surface area contributed by atoms with E-state index in [1.165, 1.54) is 21.3 Å². The molecule has 9 heteroatoms. The lowest BCUT2D eigenvalue weighted by molar-refractivity contribution is -0.123. The van der Waals surface area contributed by atoms with E-state index in [2.05, 4.69) is 5.10 Å². The van der Waals surface area contributed by atoms with E-state index in [4.69, 9.17) is 14.2 Å². The molecule has 5 rings (SSSR count). The van der Waals surface area contributed by atoms with Gasteiger partial charge in [0.2, 0.25) is 11.8 Å². The number of allylic oxidation sites excluding steroid dienone is 1. The fourth-order valence-corrected chi connectivity index (χ4v) is 5.05. The van der Waals surface area contributed by atoms with Gasteiger partial charge in [0.25, 0.3) is 0 Å². The van der Waals surface area contributed by atoms with Crippen molar-refractivity contribution in [3.8, 4) is 17.2 Å². The second-order valence-corrected chi connectivity index (χ2v) is 8.13. The minimum Gasteiger partial charge on any atom is -0.495 e. The monoisotopic (exact) mass is 461 g/mol. The molecular formula is C25H23N3O6. The summed E-state index contributed by atoms with van der Waals surface area (Å²) in [5, 5.41) is 5.95. The van der Waals surface area contributed by atoms with Crippen molar-refractivity contribution in [1.82, 2.24) is 5.01 Å². The molecule has 9 nitrogen and oxygen atoms in total. The summed E-state index contributed by atoms with van der Waals surface area (Å²) in [5.74, 6) is -1.52. The van der Waals surface area contributed by atoms with Gasteiger partial charge in [0.1, 0.15) is 11.8 Å². The lowest BCUT2D eigenvalue weighted by atomic mass is 9.86. The van der Waals surface area contributed by atoms with Crippen LogP contribution in [0.2, 0.25) is 0 Å². The first-order valence-electron chi connectivity index (χ1n) is 10.8. The maximum Gasteiger partial charge on any atom is 0.240 e. The Morgan fingerprint density at radius 2 is 1.59 bits per heavy atom. The molecule has 0 N–H and O–H groups in total. The lowest BCUT2D eigenvalue weighted by Gasteiger charge is -2.30. The van der Waals surface area contributed by atoms with Crippen molar-refractivity contribution in [2.45, 2.75) is 12.1 Å². The molecule has 174 valence electrons. The van der Waals surface area contributed by atoms with E-state index in [0.29, 0.717) is 28.5 Å². The molecule has 4 atom stereocenters. The third-order valence-electron chi connectivity index (χ3n) is 6.55. The Hall–Kier alpha value is -4.14. The summed E-state index contributed by atoms with van der Waals surface area (Å²) >= 11 is 0. The fraction of sp³-hybridized carbons (Fsp3) is 0.280. The number of carbonyl (C=O) groups is 3. The van der Waals surface area contributed by atoms with Crippen molar-refractivity contribution in [1.29, 1.82) is 0 Å². The number of para-hydroxylation sites is 2. The van der Waals surface area contributed by atoms with Crippen molar-refractivity contribution in [2.24, 2.45) is 16.9 Å². The van der Waals surface area contributed by atoms with Crippen LogP contribution >= 0.6 is 0 Å². The minimum absolute atomic E-state index is 0.325. The minimum atomic E-state index is -0.953. The number of hydrazone groups is 1. The molecule has 2 aromatic carbocycles. The zero-order valence-electron chi connectivity index (χ0n) is 18.9. The van der Waals surface area contributed by atoms with Crippen LogP contribution in [0, 0.1) is 11.8 Å². The van der Waals surface area contributed by atoms with Crippen LogP contribution < -0.4 is 19.1 Å². The molecule has 3 aliphatic heterocycles. The fourth-order valence-electron chi connectivity index (χ4n) is 5.05. The molecule has 0 saturated carbocycles. The topological polar surface area (TPSA) is 97.7 Å². The standard InChI is InChI=1S/C25H23N3O6/c1-32-17-9-5-4-7-15(17)27-24(30)20-16-8-6-12-26-28(16)22(21(20)25(27)31)23(29)14-10-11-18(33-2)19(13-14)34-3/h4-13,16,20-22H,1-3H3/t16-,20+,21+,22-/m0/s1. The van der Waals surface area contributed by atoms with Crippen molar-refractivity contribution in [3.63, 3.8) is 0 Å². The van der Waals surface area contributed by atoms with Gasteiger partial charge in [-0.1, -0.05) is 18.2 Å². The summed E-state index contributed by atoms with van der Waals surface area (Å²) in [6.45, 7) is 0. The number of benzene rings is 2. The van der Waals surface area contributed by atoms with E-state index >= 15 is 0 Å². The smallest absolute Gasteiger partial charge is 0.240 e. The summed E-state index contributed by atoms with van der Waals surface area (Å²) in [6, 6.07) is 10.2. The molecular weight excluding hydrogens is 438 g/mol. The lowest BCUT2D eigenvalue weighted by Crippen LogP contribution is -2.46. The number of hydrogen-bond acceptors (Lipinski definition) is 8. The van der Waals surface area contributed by atoms with Crippen molar-refractivity contribution < 1.29 is 28.6 Å². The van der Waals surface area contributed by atoms with Gasteiger partial charge in [-0.05, 0) is 36.4 Å². The van der Waals surface area contributed by atoms with Crippen LogP contribution in [-0.4, -0.2) is 62.2 Å². The Kier molecular flexibility index (Phi) is 5.31. The van der Waals surface area contributed by atoms with Gasteiger partial charge in [-0.25, -0.2) is 4.90 Å². The molecule has 0 aromatic heterocycles. The molecule has 2 saturated heterocycles. The molecule has 0 aliphatic carbocycles. The van der Waals surface area contributed by atoms with Crippen molar-refractivity contribution >= 4 is 29.5 Å². The maximum absolute atomic E-state index is 13.8. The Labute approximate surface area is 196 Å². The van der Waals surface area contributed by atoms with Gasteiger partial charge in [-0.15, -0.1) is 0 Å². The number of methoxy groups -OCH3 is 3. The Bertz CT molecular complexity index is 1240. The first-order valence-corrected chi connectivity index (χ1v) is 10.8. The largest absolute Gasteiger partial charge is 0.495 e. The number of ether oxygens (including phenoxy) is 3. The van der Waals surface area contributed by atoms with Gasteiger partial charge in [0.05, 0.1) is 44.9 Å². The number of amides is 2. The first-order chi connectivity index (χ1) is 16.5. The molecule has 2 aromatic rings. The van der Waals surface area contributed by atoms with Crippen LogP contribution in [0.3, 0.4) is 0 Å². The van der Waals surface area contributed by atoms with Crippen LogP contribution in [0.1, 0.15) is 10.4 Å². The van der Waals surface area contributed by atoms with Gasteiger partial charge in [-0.3, -0.25) is 19.4 Å². The van der Waals surface area contributed by atoms with Gasteiger partial charge < -0.3 is 14.2 Å². The Morgan fingerprint density at radius 3 is 2.32 bits per heavy atom. The van der Waals surface area contributed by atoms with E-state index in [1.807, 2.05) is 6.08 Å². The van der Waals surface area contributed by atoms with Crippen molar-refractivity contribution in [2.75, 3.05) is 26.2 Å². The number of imide groups is 1. The molecule has 0 unspecified atom stereocenters. The molecule has 2 amide bonds. The number of Topliss-reactive ketones (excluding diaryl/α,β-unsaturated/α-hetero) is 1. The summed E-state index contributed by atoms with van der Waals surface area (Å²) < 4.78 is 16.0. The normalized spacial score (nSPS) is 24.8. The van der Waals surface area contributed by atoms with Gasteiger partial charge in [-0.2, -0.15) is 5.10 Å². The number of hydrogen-bond donors (Lipinski definition) is 0. The number of fused-ring (bicyclic) bond motifs is 3. The predicted octanol–water partition coefficient (Wildman–Crippen LogP) is 2.31. The summed E-state index contributed by atoms with van der Waals surface area (Å²) in [4.78, 5) is 42.3. The summed E-state index contributed by atoms with van der Waals surface area (Å²) in [6.07, 6.45) is 5.09. The molecule has 0 bridgehead atoms. The highest BCUT2D eigenvalue weighted by Gasteiger charge is 2.64. The van der Waals surface area contributed by atoms with E-state index in [9.17, 15) is 14.4 Å². The maximum atomic E-state index is 13.8. The van der Waals surface area contributed by atoms with Crippen LogP contribution in [0.5, 0.6) is 17.2 Å². The number of rotatable bonds is 6. The zero-order chi connectivity index (χ0) is 24.0. The van der Waals surface area contributed by atoms with Crippen molar-refractivity contribution in [3.05, 3.63) is 60.2 Å². The molecule has 3 aliphatic rings. The van der Waals surface area contributed by atoms with Gasteiger partial charge in [0, 0.05) is 11.8 Å². The quantitative estimate of drug-likeness (QED) is 0.481. The van der Waals surface area contributed by atoms with E-state index in [-0.39, 0.29) is 11.7 Å². The predicted molar refractivity (Wildman–Crippen MR) is 123 cm³/mol. The Balaban J connectivity index is 1.58. The van der Waals surface area contributed by atoms with E-state index < -0.39 is 29.8 Å². The second kappa shape index (κ2) is 8.33.